The van der Waals surface area contributed by atoms with E-state index >= 15 is 0 Å². The Morgan fingerprint density at radius 2 is 2.00 bits per heavy atom. The zero-order valence-corrected chi connectivity index (χ0v) is 10.9. The van der Waals surface area contributed by atoms with Crippen LogP contribution < -0.4 is 10.6 Å². The first-order valence-electron chi connectivity index (χ1n) is 6.43. The Labute approximate surface area is 107 Å². The van der Waals surface area contributed by atoms with Crippen molar-refractivity contribution < 1.29 is 8.78 Å². The Morgan fingerprint density at radius 3 is 2.67 bits per heavy atom. The Hall–Kier alpha value is -1.32. The Kier molecular flexibility index (Phi) is 3.73. The minimum Gasteiger partial charge on any atom is -0.399 e. The minimum absolute atomic E-state index is 0.0518. The normalized spacial score (nSPS) is 24.6. The maximum Gasteiger partial charge on any atom is 0.265 e. The van der Waals surface area contributed by atoms with E-state index in [0.717, 1.165) is 19.4 Å². The number of hydrogen-bond donors (Lipinski definition) is 1. The zero-order valence-electron chi connectivity index (χ0n) is 10.9. The fourth-order valence-corrected chi connectivity index (χ4v) is 2.63. The highest BCUT2D eigenvalue weighted by atomic mass is 19.3. The molecule has 2 unspecified atom stereocenters. The molecule has 2 rings (SSSR count). The molecule has 0 radical (unpaired) electrons. The molecule has 0 amide bonds. The van der Waals surface area contributed by atoms with Crippen molar-refractivity contribution in [3.63, 3.8) is 0 Å². The summed E-state index contributed by atoms with van der Waals surface area (Å²) in [4.78, 5) is 2.09. The molecule has 0 aromatic heterocycles. The van der Waals surface area contributed by atoms with Gasteiger partial charge in [-0.05, 0) is 43.9 Å². The van der Waals surface area contributed by atoms with Crippen LogP contribution >= 0.6 is 0 Å². The summed E-state index contributed by atoms with van der Waals surface area (Å²) in [6.07, 6.45) is -0.266. The molecule has 2 N–H and O–H groups in total. The van der Waals surface area contributed by atoms with Crippen molar-refractivity contribution in [1.82, 2.24) is 0 Å². The Morgan fingerprint density at radius 1 is 1.28 bits per heavy atom. The van der Waals surface area contributed by atoms with Gasteiger partial charge >= 0.3 is 0 Å². The number of nitrogens with zero attached hydrogens (tertiary/aromatic N) is 1. The smallest absolute Gasteiger partial charge is 0.265 e. The largest absolute Gasteiger partial charge is 0.399 e. The molecule has 0 spiro atoms. The zero-order chi connectivity index (χ0) is 13.3. The summed E-state index contributed by atoms with van der Waals surface area (Å²) in [6, 6.07) is 5.13. The van der Waals surface area contributed by atoms with E-state index in [0.29, 0.717) is 23.3 Å². The number of rotatable bonds is 2. The third kappa shape index (κ3) is 2.57. The number of nitrogen functional groups attached to an aromatic ring is 1. The van der Waals surface area contributed by atoms with Gasteiger partial charge < -0.3 is 10.6 Å². The highest BCUT2D eigenvalue weighted by Crippen LogP contribution is 2.35. The topological polar surface area (TPSA) is 29.3 Å². The molecule has 1 saturated heterocycles. The van der Waals surface area contributed by atoms with E-state index in [9.17, 15) is 8.78 Å². The van der Waals surface area contributed by atoms with Crippen LogP contribution in [-0.4, -0.2) is 12.6 Å². The van der Waals surface area contributed by atoms with Crippen molar-refractivity contribution in [1.29, 1.82) is 0 Å². The van der Waals surface area contributed by atoms with Gasteiger partial charge in [0.2, 0.25) is 0 Å². The second kappa shape index (κ2) is 5.12. The van der Waals surface area contributed by atoms with Crippen LogP contribution in [0.2, 0.25) is 0 Å². The number of alkyl halides is 2. The summed E-state index contributed by atoms with van der Waals surface area (Å²) >= 11 is 0. The second-order valence-corrected chi connectivity index (χ2v) is 5.30. The van der Waals surface area contributed by atoms with Crippen molar-refractivity contribution in [3.05, 3.63) is 23.8 Å². The van der Waals surface area contributed by atoms with E-state index in [1.54, 1.807) is 12.1 Å². The summed E-state index contributed by atoms with van der Waals surface area (Å²) < 4.78 is 26.2. The molecular weight excluding hydrogens is 234 g/mol. The fraction of sp³-hybridized carbons (Fsp3) is 0.571. The molecule has 0 aliphatic carbocycles. The number of benzene rings is 1. The van der Waals surface area contributed by atoms with Gasteiger partial charge in [-0.1, -0.05) is 6.92 Å². The average molecular weight is 254 g/mol. The van der Waals surface area contributed by atoms with Crippen molar-refractivity contribution in [3.8, 4) is 0 Å². The van der Waals surface area contributed by atoms with Crippen molar-refractivity contribution in [2.75, 3.05) is 17.2 Å². The lowest BCUT2D eigenvalue weighted by Crippen LogP contribution is -2.41. The minimum atomic E-state index is -2.48. The van der Waals surface area contributed by atoms with Gasteiger partial charge in [-0.25, -0.2) is 8.78 Å². The highest BCUT2D eigenvalue weighted by Gasteiger charge is 2.26. The van der Waals surface area contributed by atoms with Crippen LogP contribution in [0.1, 0.15) is 38.7 Å². The van der Waals surface area contributed by atoms with Gasteiger partial charge in [0.25, 0.3) is 6.43 Å². The lowest BCUT2D eigenvalue weighted by Gasteiger charge is -2.39. The predicted molar refractivity (Wildman–Crippen MR) is 71.0 cm³/mol. The average Bonchev–Trinajstić information content (AvgIpc) is 2.32. The summed E-state index contributed by atoms with van der Waals surface area (Å²) in [6.45, 7) is 5.10. The number of piperidine rings is 1. The van der Waals surface area contributed by atoms with E-state index in [-0.39, 0.29) is 5.56 Å². The molecule has 4 heteroatoms. The van der Waals surface area contributed by atoms with E-state index in [2.05, 4.69) is 18.7 Å². The second-order valence-electron chi connectivity index (χ2n) is 5.30. The highest BCUT2D eigenvalue weighted by molar-refractivity contribution is 5.61. The maximum absolute atomic E-state index is 13.1. The Balaban J connectivity index is 2.36. The monoisotopic (exact) mass is 254 g/mol. The first-order valence-corrected chi connectivity index (χ1v) is 6.43. The predicted octanol–water partition coefficient (Wildman–Crippen LogP) is 3.83. The lowest BCUT2D eigenvalue weighted by molar-refractivity contribution is 0.151. The SMILES string of the molecule is CC1CCC(C)N(c2ccc(N)cc2C(F)F)C1. The molecule has 1 fully saturated rings. The molecule has 1 aromatic rings. The first kappa shape index (κ1) is 13.1. The molecule has 1 aliphatic heterocycles. The molecule has 0 saturated carbocycles. The van der Waals surface area contributed by atoms with E-state index in [4.69, 9.17) is 5.73 Å². The standard InChI is InChI=1S/C14H20F2N2/c1-9-3-4-10(2)18(8-9)13-6-5-11(17)7-12(13)14(15)16/h5-7,9-10,14H,3-4,8,17H2,1-2H3. The lowest BCUT2D eigenvalue weighted by atomic mass is 9.93. The Bertz CT molecular complexity index is 420. The summed E-state index contributed by atoms with van der Waals surface area (Å²) in [5.41, 5.74) is 6.69. The van der Waals surface area contributed by atoms with E-state index in [1.165, 1.54) is 6.07 Å². The maximum atomic E-state index is 13.1. The molecular formula is C14H20F2N2. The van der Waals surface area contributed by atoms with Crippen LogP contribution in [0, 0.1) is 5.92 Å². The molecule has 1 aliphatic rings. The van der Waals surface area contributed by atoms with Crippen molar-refractivity contribution >= 4 is 11.4 Å². The molecule has 0 bridgehead atoms. The van der Waals surface area contributed by atoms with Gasteiger partial charge in [-0.3, -0.25) is 0 Å². The van der Waals surface area contributed by atoms with Crippen molar-refractivity contribution in [2.45, 2.75) is 39.2 Å². The van der Waals surface area contributed by atoms with Crippen molar-refractivity contribution in [2.24, 2.45) is 5.92 Å². The molecule has 2 atom stereocenters. The molecule has 1 heterocycles. The van der Waals surface area contributed by atoms with Crippen LogP contribution in [0.5, 0.6) is 0 Å². The van der Waals surface area contributed by atoms with Crippen LogP contribution in [0.15, 0.2) is 18.2 Å². The molecule has 18 heavy (non-hydrogen) atoms. The van der Waals surface area contributed by atoms with E-state index < -0.39 is 6.43 Å². The number of anilines is 2. The first-order chi connectivity index (χ1) is 8.49. The number of nitrogens with two attached hydrogens (primary N) is 1. The van der Waals surface area contributed by atoms with Gasteiger partial charge in [-0.15, -0.1) is 0 Å². The van der Waals surface area contributed by atoms with Gasteiger partial charge in [0.1, 0.15) is 0 Å². The van der Waals surface area contributed by atoms with Gasteiger partial charge in [0.15, 0.2) is 0 Å². The van der Waals surface area contributed by atoms with Gasteiger partial charge in [0, 0.05) is 29.5 Å². The number of halogens is 2. The quantitative estimate of drug-likeness (QED) is 0.813. The summed E-state index contributed by atoms with van der Waals surface area (Å²) in [5.74, 6) is 0.546. The summed E-state index contributed by atoms with van der Waals surface area (Å²) in [7, 11) is 0. The molecule has 100 valence electrons. The van der Waals surface area contributed by atoms with Crippen LogP contribution in [0.3, 0.4) is 0 Å². The number of hydrogen-bond acceptors (Lipinski definition) is 2. The van der Waals surface area contributed by atoms with E-state index in [1.807, 2.05) is 0 Å². The van der Waals surface area contributed by atoms with Crippen LogP contribution in [-0.2, 0) is 0 Å². The van der Waals surface area contributed by atoms with Gasteiger partial charge in [0.05, 0.1) is 0 Å². The van der Waals surface area contributed by atoms with Crippen LogP contribution in [0.4, 0.5) is 20.2 Å². The summed E-state index contributed by atoms with van der Waals surface area (Å²) in [5, 5.41) is 0. The van der Waals surface area contributed by atoms with Crippen LogP contribution in [0.25, 0.3) is 0 Å². The van der Waals surface area contributed by atoms with Gasteiger partial charge in [-0.2, -0.15) is 0 Å². The molecule has 2 nitrogen and oxygen atoms in total. The third-order valence-electron chi connectivity index (χ3n) is 3.71. The third-order valence-corrected chi connectivity index (χ3v) is 3.71. The fourth-order valence-electron chi connectivity index (χ4n) is 2.63. The molecule has 1 aromatic carbocycles.